The second-order valence-electron chi connectivity index (χ2n) is 4.07. The molecule has 0 aliphatic rings. The molecule has 2 unspecified atom stereocenters. The van der Waals surface area contributed by atoms with Gasteiger partial charge >= 0.3 is 0 Å². The molecule has 0 bridgehead atoms. The molecule has 0 aliphatic carbocycles. The molecule has 16 heavy (non-hydrogen) atoms. The summed E-state index contributed by atoms with van der Waals surface area (Å²) in [5.41, 5.74) is 6.92. The number of carbonyl (C=O) groups is 1. The zero-order valence-corrected chi connectivity index (χ0v) is 9.74. The lowest BCUT2D eigenvalue weighted by atomic mass is 10.1. The quantitative estimate of drug-likeness (QED) is 0.588. The van der Waals surface area contributed by atoms with E-state index in [0.717, 1.165) is 0 Å². The van der Waals surface area contributed by atoms with Gasteiger partial charge < -0.3 is 16.2 Å². The number of hydrogen-bond acceptors (Lipinski definition) is 4. The molecular weight excluding hydrogens is 208 g/mol. The summed E-state index contributed by atoms with van der Waals surface area (Å²) < 4.78 is 0. The molecule has 2 atom stereocenters. The molecular formula is C10H18N4O2. The van der Waals surface area contributed by atoms with Gasteiger partial charge in [-0.15, -0.1) is 0 Å². The fraction of sp³-hybridized carbons (Fsp3) is 0.600. The number of H-pyrrole nitrogens is 1. The third-order valence-corrected chi connectivity index (χ3v) is 2.28. The molecule has 0 saturated heterocycles. The first-order valence-electron chi connectivity index (χ1n) is 5.21. The van der Waals surface area contributed by atoms with Crippen LogP contribution in [0.25, 0.3) is 0 Å². The van der Waals surface area contributed by atoms with Crippen molar-refractivity contribution in [2.45, 2.75) is 39.3 Å². The lowest BCUT2D eigenvalue weighted by Crippen LogP contribution is -2.35. The summed E-state index contributed by atoms with van der Waals surface area (Å²) in [6.07, 6.45) is 0.0447. The van der Waals surface area contributed by atoms with Crippen molar-refractivity contribution >= 4 is 11.6 Å². The fourth-order valence-electron chi connectivity index (χ4n) is 1.47. The van der Waals surface area contributed by atoms with E-state index in [1.165, 1.54) is 0 Å². The van der Waals surface area contributed by atoms with E-state index in [0.29, 0.717) is 17.8 Å². The van der Waals surface area contributed by atoms with E-state index in [1.54, 1.807) is 13.8 Å². The van der Waals surface area contributed by atoms with Crippen molar-refractivity contribution in [3.05, 3.63) is 11.4 Å². The molecule has 0 saturated carbocycles. The summed E-state index contributed by atoms with van der Waals surface area (Å²) in [7, 11) is 0. The highest BCUT2D eigenvalue weighted by Gasteiger charge is 2.17. The highest BCUT2D eigenvalue weighted by molar-refractivity contribution is 5.97. The van der Waals surface area contributed by atoms with E-state index < -0.39 is 6.10 Å². The Bertz CT molecular complexity index is 373. The summed E-state index contributed by atoms with van der Waals surface area (Å²) in [5, 5.41) is 18.4. The number of amides is 1. The van der Waals surface area contributed by atoms with E-state index in [9.17, 15) is 4.79 Å². The molecule has 1 rings (SSSR count). The Labute approximate surface area is 94.2 Å². The first kappa shape index (κ1) is 12.5. The number of rotatable bonds is 4. The SMILES string of the molecule is Cc1[nH]nc(C(=O)NC(C)CC(C)O)c1N. The van der Waals surface area contributed by atoms with Crippen molar-refractivity contribution in [3.63, 3.8) is 0 Å². The maximum Gasteiger partial charge on any atom is 0.274 e. The maximum absolute atomic E-state index is 11.7. The predicted molar refractivity (Wildman–Crippen MR) is 61.0 cm³/mol. The third-order valence-electron chi connectivity index (χ3n) is 2.28. The van der Waals surface area contributed by atoms with Crippen LogP contribution in [0.15, 0.2) is 0 Å². The van der Waals surface area contributed by atoms with Crippen LogP contribution in [0.5, 0.6) is 0 Å². The Morgan fingerprint density at radius 2 is 2.25 bits per heavy atom. The molecule has 1 heterocycles. The highest BCUT2D eigenvalue weighted by atomic mass is 16.3. The van der Waals surface area contributed by atoms with Gasteiger partial charge in [-0.25, -0.2) is 0 Å². The molecule has 0 fully saturated rings. The number of hydrogen-bond donors (Lipinski definition) is 4. The number of aromatic nitrogens is 2. The molecule has 5 N–H and O–H groups in total. The number of carbonyl (C=O) groups excluding carboxylic acids is 1. The standard InChI is InChI=1S/C10H18N4O2/c1-5(4-6(2)15)12-10(16)9-8(11)7(3)13-14-9/h5-6,15H,4,11H2,1-3H3,(H,12,16)(H,13,14). The number of nitrogens with two attached hydrogens (primary N) is 1. The highest BCUT2D eigenvalue weighted by Crippen LogP contribution is 2.12. The van der Waals surface area contributed by atoms with Crippen molar-refractivity contribution in [1.29, 1.82) is 0 Å². The number of aryl methyl sites for hydroxylation is 1. The van der Waals surface area contributed by atoms with Crippen molar-refractivity contribution in [1.82, 2.24) is 15.5 Å². The molecule has 6 nitrogen and oxygen atoms in total. The van der Waals surface area contributed by atoms with Gasteiger partial charge in [0.1, 0.15) is 0 Å². The van der Waals surface area contributed by atoms with Crippen molar-refractivity contribution in [2.75, 3.05) is 5.73 Å². The number of anilines is 1. The van der Waals surface area contributed by atoms with Crippen LogP contribution < -0.4 is 11.1 Å². The van der Waals surface area contributed by atoms with Gasteiger partial charge in [0.05, 0.1) is 17.5 Å². The average Bonchev–Trinajstić information content (AvgIpc) is 2.45. The van der Waals surface area contributed by atoms with Crippen LogP contribution in [0.3, 0.4) is 0 Å². The lowest BCUT2D eigenvalue weighted by Gasteiger charge is -2.14. The summed E-state index contributed by atoms with van der Waals surface area (Å²) in [6.45, 7) is 5.24. The molecule has 0 aliphatic heterocycles. The first-order valence-corrected chi connectivity index (χ1v) is 5.21. The van der Waals surface area contributed by atoms with E-state index in [4.69, 9.17) is 10.8 Å². The van der Waals surface area contributed by atoms with Gasteiger partial charge in [-0.1, -0.05) is 0 Å². The molecule has 0 radical (unpaired) electrons. The predicted octanol–water partition coefficient (Wildman–Crippen LogP) is 0.190. The minimum absolute atomic E-state index is 0.121. The zero-order valence-electron chi connectivity index (χ0n) is 9.74. The number of aliphatic hydroxyl groups excluding tert-OH is 1. The van der Waals surface area contributed by atoms with Crippen LogP contribution in [0.1, 0.15) is 36.5 Å². The van der Waals surface area contributed by atoms with E-state index >= 15 is 0 Å². The number of aliphatic hydroxyl groups is 1. The Balaban J connectivity index is 2.62. The Hall–Kier alpha value is -1.56. The first-order chi connectivity index (χ1) is 7.41. The second kappa shape index (κ2) is 4.98. The molecule has 0 aromatic carbocycles. The van der Waals surface area contributed by atoms with Crippen LogP contribution in [0.4, 0.5) is 5.69 Å². The molecule has 1 amide bonds. The summed E-state index contributed by atoms with van der Waals surface area (Å²) in [4.78, 5) is 11.7. The summed E-state index contributed by atoms with van der Waals surface area (Å²) >= 11 is 0. The van der Waals surface area contributed by atoms with E-state index in [-0.39, 0.29) is 17.6 Å². The van der Waals surface area contributed by atoms with Crippen molar-refractivity contribution in [3.8, 4) is 0 Å². The molecule has 1 aromatic heterocycles. The van der Waals surface area contributed by atoms with Gasteiger partial charge in [-0.2, -0.15) is 5.10 Å². The Morgan fingerprint density at radius 3 is 2.69 bits per heavy atom. The molecule has 90 valence electrons. The molecule has 0 spiro atoms. The third kappa shape index (κ3) is 2.96. The smallest absolute Gasteiger partial charge is 0.274 e. The van der Waals surface area contributed by atoms with Crippen LogP contribution >= 0.6 is 0 Å². The maximum atomic E-state index is 11.7. The van der Waals surface area contributed by atoms with Crippen LogP contribution in [-0.4, -0.2) is 33.4 Å². The van der Waals surface area contributed by atoms with Gasteiger partial charge in [0.25, 0.3) is 5.91 Å². The van der Waals surface area contributed by atoms with Gasteiger partial charge in [-0.05, 0) is 27.2 Å². The number of aromatic amines is 1. The summed E-state index contributed by atoms with van der Waals surface area (Å²) in [6, 6.07) is -0.121. The van der Waals surface area contributed by atoms with E-state index in [2.05, 4.69) is 15.5 Å². The monoisotopic (exact) mass is 226 g/mol. The van der Waals surface area contributed by atoms with Crippen molar-refractivity contribution < 1.29 is 9.90 Å². The summed E-state index contributed by atoms with van der Waals surface area (Å²) in [5.74, 6) is -0.324. The minimum Gasteiger partial charge on any atom is -0.395 e. The van der Waals surface area contributed by atoms with Crippen molar-refractivity contribution in [2.24, 2.45) is 0 Å². The number of nitrogens with one attached hydrogen (secondary N) is 2. The Morgan fingerprint density at radius 1 is 1.62 bits per heavy atom. The second-order valence-corrected chi connectivity index (χ2v) is 4.07. The van der Waals surface area contributed by atoms with Crippen LogP contribution in [0.2, 0.25) is 0 Å². The average molecular weight is 226 g/mol. The van der Waals surface area contributed by atoms with Crippen LogP contribution in [-0.2, 0) is 0 Å². The van der Waals surface area contributed by atoms with Gasteiger partial charge in [0, 0.05) is 6.04 Å². The number of nitrogens with zero attached hydrogens (tertiary/aromatic N) is 1. The largest absolute Gasteiger partial charge is 0.395 e. The molecule has 6 heteroatoms. The zero-order chi connectivity index (χ0) is 12.3. The topological polar surface area (TPSA) is 104 Å². The van der Waals surface area contributed by atoms with Gasteiger partial charge in [-0.3, -0.25) is 9.89 Å². The van der Waals surface area contributed by atoms with E-state index in [1.807, 2.05) is 6.92 Å². The lowest BCUT2D eigenvalue weighted by molar-refractivity contribution is 0.0919. The normalized spacial score (nSPS) is 14.5. The van der Waals surface area contributed by atoms with Crippen LogP contribution in [0, 0.1) is 6.92 Å². The van der Waals surface area contributed by atoms with Gasteiger partial charge in [0.2, 0.25) is 0 Å². The minimum atomic E-state index is -0.450. The Kier molecular flexibility index (Phi) is 3.89. The number of nitrogen functional groups attached to an aromatic ring is 1. The fourth-order valence-corrected chi connectivity index (χ4v) is 1.47. The van der Waals surface area contributed by atoms with Gasteiger partial charge in [0.15, 0.2) is 5.69 Å². The molecule has 1 aromatic rings.